The molecule has 0 bridgehead atoms. The summed E-state index contributed by atoms with van der Waals surface area (Å²) in [6, 6.07) is 5.14. The highest BCUT2D eigenvalue weighted by Gasteiger charge is 2.06. The van der Waals surface area contributed by atoms with E-state index in [1.807, 2.05) is 0 Å². The van der Waals surface area contributed by atoms with Crippen molar-refractivity contribution in [1.82, 2.24) is 4.98 Å². The zero-order chi connectivity index (χ0) is 13.8. The summed E-state index contributed by atoms with van der Waals surface area (Å²) in [4.78, 5) is 4.11. The molecule has 17 heavy (non-hydrogen) atoms. The maximum absolute atomic E-state index is 9.56. The Hall–Kier alpha value is -1.65. The second-order valence-corrected chi connectivity index (χ2v) is 3.58. The fourth-order valence-corrected chi connectivity index (χ4v) is 1.49. The second-order valence-electron chi connectivity index (χ2n) is 3.58. The van der Waals surface area contributed by atoms with Gasteiger partial charge in [-0.2, -0.15) is 0 Å². The minimum Gasteiger partial charge on any atom is -0.490 e. The molecule has 2 aromatic rings. The highest BCUT2D eigenvalue weighted by molar-refractivity contribution is 5.84. The number of hydrogen-bond acceptors (Lipinski definition) is 4. The number of fused-ring (bicyclic) bond motifs is 1. The highest BCUT2D eigenvalue weighted by atomic mass is 16.5. The van der Waals surface area contributed by atoms with E-state index in [-0.39, 0.29) is 25.3 Å². The molecule has 1 aromatic carbocycles. The van der Waals surface area contributed by atoms with Crippen LogP contribution in [0.4, 0.5) is 0 Å². The minimum atomic E-state index is -0.758. The van der Waals surface area contributed by atoms with Crippen LogP contribution in [0, 0.1) is 0 Å². The smallest absolute Gasteiger partial charge is 0.128 e. The molecule has 0 amide bonds. The monoisotopic (exact) mass is 235 g/mol. The van der Waals surface area contributed by atoms with Gasteiger partial charge in [0.2, 0.25) is 0 Å². The summed E-state index contributed by atoms with van der Waals surface area (Å²) in [7, 11) is 1.49. The summed E-state index contributed by atoms with van der Waals surface area (Å²) in [6.07, 6.45) is 0.833. The third-order valence-corrected chi connectivity index (χ3v) is 2.24. The maximum atomic E-state index is 9.56. The van der Waals surface area contributed by atoms with E-state index in [1.54, 1.807) is 18.3 Å². The van der Waals surface area contributed by atoms with E-state index in [9.17, 15) is 5.11 Å². The SMILES string of the molecule is [2H]c1cc([2H])c2ncccc2c1OC[C@H](O)COC. The van der Waals surface area contributed by atoms with Gasteiger partial charge in [-0.25, -0.2) is 0 Å². The quantitative estimate of drug-likeness (QED) is 0.855. The van der Waals surface area contributed by atoms with Crippen LogP contribution in [0.2, 0.25) is 0 Å². The topological polar surface area (TPSA) is 51.6 Å². The summed E-state index contributed by atoms with van der Waals surface area (Å²) in [5.41, 5.74) is 0.481. The first kappa shape index (κ1) is 9.39. The zero-order valence-electron chi connectivity index (χ0n) is 11.5. The summed E-state index contributed by atoms with van der Waals surface area (Å²) in [6.45, 7) is 0.196. The molecule has 0 radical (unpaired) electrons. The molecule has 0 spiro atoms. The number of aliphatic hydroxyl groups is 1. The van der Waals surface area contributed by atoms with E-state index in [0.29, 0.717) is 16.7 Å². The fraction of sp³-hybridized carbons (Fsp3) is 0.308. The maximum Gasteiger partial charge on any atom is 0.128 e. The number of aromatic nitrogens is 1. The van der Waals surface area contributed by atoms with Gasteiger partial charge in [0.05, 0.1) is 14.9 Å². The largest absolute Gasteiger partial charge is 0.490 e. The molecule has 1 N–H and O–H groups in total. The van der Waals surface area contributed by atoms with Crippen LogP contribution in [0.15, 0.2) is 36.5 Å². The molecule has 0 saturated carbocycles. The van der Waals surface area contributed by atoms with Crippen molar-refractivity contribution in [3.8, 4) is 5.75 Å². The van der Waals surface area contributed by atoms with E-state index >= 15 is 0 Å². The molecule has 0 saturated heterocycles. The molecule has 0 fully saturated rings. The van der Waals surface area contributed by atoms with Crippen LogP contribution in [0.1, 0.15) is 2.74 Å². The van der Waals surface area contributed by atoms with Gasteiger partial charge in [0.1, 0.15) is 18.5 Å². The van der Waals surface area contributed by atoms with Gasteiger partial charge in [-0.15, -0.1) is 0 Å². The number of rotatable bonds is 5. The molecule has 4 nitrogen and oxygen atoms in total. The Morgan fingerprint density at radius 2 is 2.29 bits per heavy atom. The van der Waals surface area contributed by atoms with Crippen LogP contribution in [0.3, 0.4) is 0 Å². The van der Waals surface area contributed by atoms with Crippen molar-refractivity contribution < 1.29 is 17.3 Å². The number of hydrogen-bond donors (Lipinski definition) is 1. The predicted octanol–water partition coefficient (Wildman–Crippen LogP) is 1.62. The molecular formula is C13H15NO3. The lowest BCUT2D eigenvalue weighted by Gasteiger charge is -2.12. The normalized spacial score (nSPS) is 14.2. The first-order chi connectivity index (χ1) is 9.13. The molecule has 0 aliphatic heterocycles. The average Bonchev–Trinajstić information content (AvgIpc) is 2.39. The van der Waals surface area contributed by atoms with E-state index in [4.69, 9.17) is 12.2 Å². The molecule has 4 heteroatoms. The van der Waals surface area contributed by atoms with Crippen molar-refractivity contribution in [2.45, 2.75) is 6.10 Å². The van der Waals surface area contributed by atoms with Crippen LogP contribution in [-0.4, -0.2) is 36.5 Å². The summed E-state index contributed by atoms with van der Waals surface area (Å²) in [5.74, 6) is 0.328. The summed E-state index contributed by atoms with van der Waals surface area (Å²) >= 11 is 0. The molecule has 0 unspecified atom stereocenters. The van der Waals surface area contributed by atoms with Crippen molar-refractivity contribution >= 4 is 10.9 Å². The Morgan fingerprint density at radius 1 is 1.41 bits per heavy atom. The fourth-order valence-electron chi connectivity index (χ4n) is 1.49. The van der Waals surface area contributed by atoms with Gasteiger partial charge in [-0.05, 0) is 24.2 Å². The van der Waals surface area contributed by atoms with Gasteiger partial charge in [0.25, 0.3) is 0 Å². The van der Waals surface area contributed by atoms with Crippen LogP contribution < -0.4 is 4.74 Å². The Labute approximate surface area is 103 Å². The Bertz CT molecular complexity index is 577. The van der Waals surface area contributed by atoms with Crippen LogP contribution in [0.25, 0.3) is 10.9 Å². The van der Waals surface area contributed by atoms with Gasteiger partial charge in [-0.3, -0.25) is 4.98 Å². The van der Waals surface area contributed by atoms with Gasteiger partial charge in [0, 0.05) is 18.7 Å². The molecule has 1 atom stereocenters. The number of aliphatic hydroxyl groups excluding tert-OH is 1. The van der Waals surface area contributed by atoms with Crippen LogP contribution >= 0.6 is 0 Å². The van der Waals surface area contributed by atoms with Gasteiger partial charge < -0.3 is 14.6 Å². The number of benzene rings is 1. The molecule has 1 aromatic heterocycles. The van der Waals surface area contributed by atoms with Gasteiger partial charge >= 0.3 is 0 Å². The zero-order valence-corrected chi connectivity index (χ0v) is 9.51. The van der Waals surface area contributed by atoms with Crippen molar-refractivity contribution in [3.05, 3.63) is 36.5 Å². The standard InChI is InChI=1S/C13H15NO3/c1-16-8-10(15)9-17-13-6-2-5-12-11(13)4-3-7-14-12/h2-7,10,15H,8-9H2,1H3/t10-/m1/s1/i5D,6D. The molecule has 0 aliphatic carbocycles. The van der Waals surface area contributed by atoms with Crippen LogP contribution in [0.5, 0.6) is 5.75 Å². The molecular weight excluding hydrogens is 218 g/mol. The van der Waals surface area contributed by atoms with Crippen LogP contribution in [-0.2, 0) is 4.74 Å². The van der Waals surface area contributed by atoms with Gasteiger partial charge in [-0.1, -0.05) is 6.07 Å². The first-order valence-corrected chi connectivity index (χ1v) is 5.28. The van der Waals surface area contributed by atoms with Crippen molar-refractivity contribution in [2.75, 3.05) is 20.3 Å². The Kier molecular flexibility index (Phi) is 3.10. The third-order valence-electron chi connectivity index (χ3n) is 2.24. The first-order valence-electron chi connectivity index (χ1n) is 6.28. The molecule has 2 rings (SSSR count). The average molecular weight is 235 g/mol. The second kappa shape index (κ2) is 5.61. The lowest BCUT2D eigenvalue weighted by atomic mass is 10.2. The van der Waals surface area contributed by atoms with E-state index in [0.717, 1.165) is 0 Å². The van der Waals surface area contributed by atoms with Crippen molar-refractivity contribution in [2.24, 2.45) is 0 Å². The Morgan fingerprint density at radius 3 is 3.12 bits per heavy atom. The summed E-state index contributed by atoms with van der Waals surface area (Å²) in [5, 5.41) is 10.2. The van der Waals surface area contributed by atoms with Gasteiger partial charge in [0.15, 0.2) is 0 Å². The van der Waals surface area contributed by atoms with E-state index in [1.165, 1.54) is 13.2 Å². The lowest BCUT2D eigenvalue weighted by Crippen LogP contribution is -2.22. The van der Waals surface area contributed by atoms with Crippen molar-refractivity contribution in [1.29, 1.82) is 0 Å². The number of methoxy groups -OCH3 is 1. The molecule has 90 valence electrons. The lowest BCUT2D eigenvalue weighted by molar-refractivity contribution is 0.0329. The van der Waals surface area contributed by atoms with Crippen molar-refractivity contribution in [3.63, 3.8) is 0 Å². The van der Waals surface area contributed by atoms with E-state index in [2.05, 4.69) is 4.98 Å². The third kappa shape index (κ3) is 2.93. The number of pyridine rings is 1. The summed E-state index contributed by atoms with van der Waals surface area (Å²) < 4.78 is 25.9. The Balaban J connectivity index is 2.32. The number of nitrogens with zero attached hydrogens (tertiary/aromatic N) is 1. The predicted molar refractivity (Wildman–Crippen MR) is 65.1 cm³/mol. The molecule has 1 heterocycles. The minimum absolute atomic E-state index is 0.0288. The molecule has 0 aliphatic rings. The highest BCUT2D eigenvalue weighted by Crippen LogP contribution is 2.23. The number of ether oxygens (including phenoxy) is 2. The van der Waals surface area contributed by atoms with E-state index < -0.39 is 6.10 Å².